The third-order valence-corrected chi connectivity index (χ3v) is 22.3. The molecule has 1 unspecified atom stereocenters. The van der Waals surface area contributed by atoms with Crippen LogP contribution < -0.4 is 0 Å². The minimum absolute atomic E-state index is 0.00676. The molecule has 1 amide bonds. The Morgan fingerprint density at radius 2 is 1.15 bits per heavy atom. The number of carbonyl (C=O) groups excluding carboxylic acids is 8. The zero-order chi connectivity index (χ0) is 77.1. The monoisotopic (exact) mass is 1480 g/mol. The van der Waals surface area contributed by atoms with Gasteiger partial charge in [-0.25, -0.2) is 4.79 Å². The van der Waals surface area contributed by atoms with Crippen LogP contribution in [0.15, 0.2) is 36.0 Å². The molecule has 0 aromatic heterocycles. The van der Waals surface area contributed by atoms with Crippen molar-refractivity contribution in [3.8, 4) is 0 Å². The Morgan fingerprint density at radius 3 is 1.67 bits per heavy atom. The quantitative estimate of drug-likeness (QED) is 0.0189. The molecule has 0 aromatic rings. The fourth-order valence-corrected chi connectivity index (χ4v) is 15.9. The van der Waals surface area contributed by atoms with Gasteiger partial charge in [-0.05, 0) is 114 Å². The molecule has 3 heterocycles. The highest BCUT2D eigenvalue weighted by Gasteiger charge is 2.57. The smallest absolute Gasteiger partial charge is 0.329 e. The van der Waals surface area contributed by atoms with Gasteiger partial charge in [0.1, 0.15) is 43.4 Å². The number of aliphatic hydroxyl groups is 2. The van der Waals surface area contributed by atoms with E-state index in [9.17, 15) is 39.0 Å². The van der Waals surface area contributed by atoms with Crippen molar-refractivity contribution < 1.29 is 91.2 Å². The molecule has 1 aliphatic carbocycles. The molecule has 4 aliphatic rings. The number of ketones is 2. The van der Waals surface area contributed by atoms with Crippen molar-refractivity contribution in [2.75, 3.05) is 41.1 Å². The second-order valence-electron chi connectivity index (χ2n) is 31.7. The predicted octanol–water partition coefficient (Wildman–Crippen LogP) is 16.6. The van der Waals surface area contributed by atoms with E-state index in [0.717, 1.165) is 49.0 Å². The number of hydrogen-bond acceptors (Lipinski definition) is 19. The molecule has 1 saturated carbocycles. The van der Waals surface area contributed by atoms with E-state index in [-0.39, 0.29) is 88.7 Å². The maximum absolute atomic E-state index is 15.1. The summed E-state index contributed by atoms with van der Waals surface area (Å²) >= 11 is 0. The molecule has 0 radical (unpaired) electrons. The Kier molecular flexibility index (Phi) is 46.1. The Labute approximate surface area is 632 Å². The van der Waals surface area contributed by atoms with E-state index >= 15 is 9.59 Å². The number of unbranched alkanes of at least 4 members (excludes halogenated alkanes) is 24. The Bertz CT molecular complexity index is 2580. The van der Waals surface area contributed by atoms with Crippen LogP contribution in [0.5, 0.6) is 0 Å². The fourth-order valence-electron chi connectivity index (χ4n) is 15.9. The normalized spacial score (nSPS) is 27.8. The number of piperidine rings is 1. The largest absolute Gasteiger partial charge is 0.462 e. The van der Waals surface area contributed by atoms with Gasteiger partial charge in [0.25, 0.3) is 11.7 Å². The van der Waals surface area contributed by atoms with Crippen LogP contribution in [0.2, 0.25) is 0 Å². The van der Waals surface area contributed by atoms with E-state index < -0.39 is 126 Å². The average Bonchev–Trinajstić information content (AvgIpc) is 0.830. The van der Waals surface area contributed by atoms with Crippen molar-refractivity contribution in [2.24, 2.45) is 35.5 Å². The molecule has 0 spiro atoms. The summed E-state index contributed by atoms with van der Waals surface area (Å²) in [4.78, 5) is 116. The lowest BCUT2D eigenvalue weighted by Crippen LogP contribution is -2.64. The molecular formula is C85H143NO19. The minimum atomic E-state index is -2.61. The van der Waals surface area contributed by atoms with Crippen LogP contribution in [0.25, 0.3) is 0 Å². The van der Waals surface area contributed by atoms with Gasteiger partial charge in [0.2, 0.25) is 5.79 Å². The first kappa shape index (κ1) is 92.5. The molecule has 105 heavy (non-hydrogen) atoms. The molecule has 4 rings (SSSR count). The van der Waals surface area contributed by atoms with Crippen molar-refractivity contribution in [1.29, 1.82) is 0 Å². The number of nitrogens with zero attached hydrogens (tertiary/aromatic N) is 1. The van der Waals surface area contributed by atoms with E-state index in [1.807, 2.05) is 26.0 Å². The lowest BCUT2D eigenvalue weighted by atomic mass is 9.81. The number of allylic oxidation sites excluding steroid dienone is 4. The van der Waals surface area contributed by atoms with Crippen LogP contribution >= 0.6 is 0 Å². The van der Waals surface area contributed by atoms with Crippen LogP contribution in [0.3, 0.4) is 0 Å². The summed E-state index contributed by atoms with van der Waals surface area (Å²) in [5, 5.41) is 23.2. The number of cyclic esters (lactones) is 1. The van der Waals surface area contributed by atoms with Crippen molar-refractivity contribution in [3.05, 3.63) is 36.0 Å². The number of Topliss-reactive ketones (excluding diaryl/α,β-unsaturated/α-hetero) is 2. The van der Waals surface area contributed by atoms with Crippen molar-refractivity contribution >= 4 is 47.3 Å². The van der Waals surface area contributed by atoms with Crippen LogP contribution in [0, 0.1) is 35.5 Å². The summed E-state index contributed by atoms with van der Waals surface area (Å²) in [6, 6.07) is -1.29. The van der Waals surface area contributed by atoms with Crippen LogP contribution in [-0.4, -0.2) is 164 Å². The van der Waals surface area contributed by atoms with Gasteiger partial charge in [-0.2, -0.15) is 0 Å². The second-order valence-corrected chi connectivity index (χ2v) is 31.7. The maximum atomic E-state index is 15.1. The molecule has 2 N–H and O–H groups in total. The van der Waals surface area contributed by atoms with Gasteiger partial charge in [-0.3, -0.25) is 33.6 Å². The maximum Gasteiger partial charge on any atom is 0.329 e. The Hall–Kier alpha value is -4.86. The van der Waals surface area contributed by atoms with Gasteiger partial charge in [0, 0.05) is 77.7 Å². The Balaban J connectivity index is 1.59. The summed E-state index contributed by atoms with van der Waals surface area (Å²) in [6.45, 7) is 18.5. The molecule has 20 nitrogen and oxygen atoms in total. The number of amides is 1. The average molecular weight is 1480 g/mol. The summed E-state index contributed by atoms with van der Waals surface area (Å²) in [5.74, 6) is -12.0. The Morgan fingerprint density at radius 1 is 0.648 bits per heavy atom. The van der Waals surface area contributed by atoms with E-state index in [0.29, 0.717) is 63.4 Å². The van der Waals surface area contributed by atoms with Crippen molar-refractivity contribution in [2.45, 2.75) is 379 Å². The first-order chi connectivity index (χ1) is 50.4. The van der Waals surface area contributed by atoms with Crippen LogP contribution in [0.4, 0.5) is 0 Å². The molecule has 20 heteroatoms. The van der Waals surface area contributed by atoms with Crippen LogP contribution in [-0.2, 0) is 81.0 Å². The standard InChI is InChI=1S/C85H143NO19/c1-13-16-18-20-22-24-26-28-30-32-34-36-38-44-76(89)100-58-68(59-101-77(90)45-39-37-35-33-31-29-27-25-23-21-19-17-14-2)102-78(91)52-62(6)53-79(92)103-72-57-71(88)67(42-15-3)50-60(4)49-61(5)51-74(98-11)81-75(99-12)55-64(8)85(96,105-81)82(93)83(94)86-48-41-40-43-69(86)84(95)104-80(65(72)9)63(7)54-66-46-47-70(87)73(56-66)97-10/h15,50,54,61-62,64-70,72-75,80-81,87,96H,3,13-14,16-49,51-53,55-59H2,1-2,4-12H3/b60-50+,63-54+/t61-,62?,64+,65+,66-,67+,69-,70+,72-,73+,74-,75-,80+,81+,85+/m0/s1. The molecule has 15 atom stereocenters. The van der Waals surface area contributed by atoms with Gasteiger partial charge in [0.15, 0.2) is 6.10 Å². The number of ether oxygens (including phenoxy) is 9. The third kappa shape index (κ3) is 34.3. The van der Waals surface area contributed by atoms with Crippen molar-refractivity contribution in [1.82, 2.24) is 4.90 Å². The first-order valence-electron chi connectivity index (χ1n) is 41.3. The van der Waals surface area contributed by atoms with E-state index in [4.69, 9.17) is 42.6 Å². The molecule has 3 fully saturated rings. The molecule has 2 saturated heterocycles. The van der Waals surface area contributed by atoms with E-state index in [1.54, 1.807) is 33.8 Å². The van der Waals surface area contributed by atoms with Gasteiger partial charge >= 0.3 is 29.8 Å². The number of aliphatic hydroxyl groups excluding tert-OH is 1. The van der Waals surface area contributed by atoms with Crippen molar-refractivity contribution in [3.63, 3.8) is 0 Å². The van der Waals surface area contributed by atoms with Gasteiger partial charge in [-0.15, -0.1) is 6.58 Å². The molecule has 3 aliphatic heterocycles. The molecule has 0 aromatic carbocycles. The topological polar surface area (TPSA) is 263 Å². The highest BCUT2D eigenvalue weighted by atomic mass is 16.7. The summed E-state index contributed by atoms with van der Waals surface area (Å²) in [5.41, 5.74) is 1.41. The number of esters is 5. The third-order valence-electron chi connectivity index (χ3n) is 22.3. The zero-order valence-electron chi connectivity index (χ0n) is 67.0. The summed E-state index contributed by atoms with van der Waals surface area (Å²) in [6.07, 6.45) is 32.0. The number of hydrogen-bond donors (Lipinski definition) is 2. The lowest BCUT2D eigenvalue weighted by Gasteiger charge is -2.47. The highest BCUT2D eigenvalue weighted by Crippen LogP contribution is 2.40. The second kappa shape index (κ2) is 52.3. The van der Waals surface area contributed by atoms with Crippen LogP contribution in [0.1, 0.15) is 319 Å². The first-order valence-corrected chi connectivity index (χ1v) is 41.3. The fraction of sp³-hybridized carbons (Fsp3) is 0.835. The minimum Gasteiger partial charge on any atom is -0.462 e. The number of rotatable bonds is 45. The van der Waals surface area contributed by atoms with Gasteiger partial charge < -0.3 is 57.7 Å². The number of methoxy groups -OCH3 is 3. The van der Waals surface area contributed by atoms with E-state index in [1.165, 1.54) is 137 Å². The van der Waals surface area contributed by atoms with Gasteiger partial charge in [0.05, 0.1) is 24.4 Å². The number of fused-ring (bicyclic) bond motifs is 3. The molecular weight excluding hydrogens is 1340 g/mol. The SMILES string of the molecule is C=CC[C@@H]1/C=C(\C)C[C@H](C)C[C@H](OC)[C@H]2O[C@@](O)(C(=O)C(=O)N3CCCC[C@H]3C(=O)O[C@H](/C(C)=C/[C@@H]3CC[C@@H](O)[C@H](OC)C3)[C@H](C)[C@@H](OC(=O)CC(C)CC(=O)OC(COC(=O)CCCCCCCCCCCCCCC)COC(=O)CCCCCCCCCCCCCCC)CC1=O)[C@H](C)C[C@@H]2OC. The zero-order valence-corrected chi connectivity index (χ0v) is 67.0. The van der Waals surface area contributed by atoms with E-state index in [2.05, 4.69) is 20.4 Å². The predicted molar refractivity (Wildman–Crippen MR) is 407 cm³/mol. The van der Waals surface area contributed by atoms with Gasteiger partial charge in [-0.1, -0.05) is 219 Å². The summed E-state index contributed by atoms with van der Waals surface area (Å²) < 4.78 is 54.3. The lowest BCUT2D eigenvalue weighted by molar-refractivity contribution is -0.302. The molecule has 2 bridgehead atoms. The summed E-state index contributed by atoms with van der Waals surface area (Å²) in [7, 11) is 4.55. The molecule has 602 valence electrons. The highest BCUT2D eigenvalue weighted by molar-refractivity contribution is 6.39. The number of carbonyl (C=O) groups is 8.